The summed E-state index contributed by atoms with van der Waals surface area (Å²) in [7, 11) is 0. The molecule has 0 fully saturated rings. The van der Waals surface area contributed by atoms with Crippen molar-refractivity contribution in [1.82, 2.24) is 0 Å². The fourth-order valence-corrected chi connectivity index (χ4v) is 1.28. The molecular weight excluding hydrogens is 245 g/mol. The van der Waals surface area contributed by atoms with Crippen molar-refractivity contribution in [2.45, 2.75) is 20.2 Å². The van der Waals surface area contributed by atoms with Crippen molar-refractivity contribution >= 4 is 11.7 Å². The normalized spacial score (nSPS) is 11.7. The Balaban J connectivity index is 2.77. The second-order valence-electron chi connectivity index (χ2n) is 3.39. The van der Waals surface area contributed by atoms with Gasteiger partial charge in [0.1, 0.15) is 5.75 Å². The average Bonchev–Trinajstić information content (AvgIpc) is 2.28. The van der Waals surface area contributed by atoms with Crippen LogP contribution in [-0.4, -0.2) is 23.9 Å². The van der Waals surface area contributed by atoms with Crippen molar-refractivity contribution < 1.29 is 23.6 Å². The van der Waals surface area contributed by atoms with Gasteiger partial charge < -0.3 is 9.47 Å². The number of carbonyl (C=O) groups excluding carboxylic acids is 1. The number of carbonyl (C=O) groups is 1. The van der Waals surface area contributed by atoms with Crippen LogP contribution in [0.5, 0.6) is 5.75 Å². The molecule has 18 heavy (non-hydrogen) atoms. The second-order valence-corrected chi connectivity index (χ2v) is 3.39. The molecule has 0 aliphatic carbocycles. The van der Waals surface area contributed by atoms with Crippen LogP contribution in [0.25, 0.3) is 0 Å². The SMILES string of the molecule is CCOC(=O)C(F)Oc1ccc([N+](=O)[O-])c(C)c1. The maximum absolute atomic E-state index is 13.2. The molecule has 0 saturated heterocycles. The number of aryl methyl sites for hydroxylation is 1. The lowest BCUT2D eigenvalue weighted by Crippen LogP contribution is -2.24. The lowest BCUT2D eigenvalue weighted by molar-refractivity contribution is -0.385. The molecule has 0 saturated carbocycles. The van der Waals surface area contributed by atoms with Crippen LogP contribution in [0.2, 0.25) is 0 Å². The number of hydrogen-bond acceptors (Lipinski definition) is 5. The number of nitro benzene ring substituents is 1. The summed E-state index contributed by atoms with van der Waals surface area (Å²) >= 11 is 0. The molecule has 7 heteroatoms. The highest BCUT2D eigenvalue weighted by atomic mass is 19.1. The second kappa shape index (κ2) is 5.95. The number of nitrogens with zero attached hydrogens (tertiary/aromatic N) is 1. The minimum Gasteiger partial charge on any atom is -0.461 e. The number of benzene rings is 1. The summed E-state index contributed by atoms with van der Waals surface area (Å²) in [5.74, 6) is -1.10. The summed E-state index contributed by atoms with van der Waals surface area (Å²) < 4.78 is 22.3. The Hall–Kier alpha value is -2.18. The summed E-state index contributed by atoms with van der Waals surface area (Å²) in [6.45, 7) is 3.07. The zero-order valence-corrected chi connectivity index (χ0v) is 9.88. The van der Waals surface area contributed by atoms with Gasteiger partial charge in [0.2, 0.25) is 0 Å². The monoisotopic (exact) mass is 257 g/mol. The molecule has 0 spiro atoms. The van der Waals surface area contributed by atoms with E-state index in [9.17, 15) is 19.3 Å². The maximum Gasteiger partial charge on any atom is 0.381 e. The van der Waals surface area contributed by atoms with E-state index in [1.807, 2.05) is 0 Å². The molecule has 0 aromatic heterocycles. The lowest BCUT2D eigenvalue weighted by atomic mass is 10.2. The molecule has 6 nitrogen and oxygen atoms in total. The van der Waals surface area contributed by atoms with E-state index in [0.717, 1.165) is 0 Å². The van der Waals surface area contributed by atoms with Gasteiger partial charge in [-0.05, 0) is 26.0 Å². The van der Waals surface area contributed by atoms with Crippen molar-refractivity contribution in [2.75, 3.05) is 6.61 Å². The first-order chi connectivity index (χ1) is 8.45. The van der Waals surface area contributed by atoms with Crippen molar-refractivity contribution in [2.24, 2.45) is 0 Å². The van der Waals surface area contributed by atoms with E-state index in [0.29, 0.717) is 5.56 Å². The Morgan fingerprint density at radius 2 is 2.22 bits per heavy atom. The fourth-order valence-electron chi connectivity index (χ4n) is 1.28. The number of halogens is 1. The van der Waals surface area contributed by atoms with Crippen LogP contribution in [0.4, 0.5) is 10.1 Å². The van der Waals surface area contributed by atoms with Crippen molar-refractivity contribution in [1.29, 1.82) is 0 Å². The van der Waals surface area contributed by atoms with Gasteiger partial charge in [-0.15, -0.1) is 0 Å². The van der Waals surface area contributed by atoms with Crippen LogP contribution in [0.15, 0.2) is 18.2 Å². The molecule has 1 aromatic carbocycles. The minimum absolute atomic E-state index is 0.0265. The van der Waals surface area contributed by atoms with Crippen molar-refractivity contribution in [3.8, 4) is 5.75 Å². The predicted octanol–water partition coefficient (Wildman–Crippen LogP) is 2.14. The molecule has 0 amide bonds. The van der Waals surface area contributed by atoms with Gasteiger partial charge in [0.05, 0.1) is 11.5 Å². The maximum atomic E-state index is 13.2. The zero-order valence-electron chi connectivity index (χ0n) is 9.88. The minimum atomic E-state index is -2.24. The Bertz CT molecular complexity index is 463. The quantitative estimate of drug-likeness (QED) is 0.458. The predicted molar refractivity (Wildman–Crippen MR) is 60.0 cm³/mol. The smallest absolute Gasteiger partial charge is 0.381 e. The Morgan fingerprint density at radius 3 is 2.72 bits per heavy atom. The van der Waals surface area contributed by atoms with Gasteiger partial charge in [0, 0.05) is 11.6 Å². The molecule has 1 unspecified atom stereocenters. The van der Waals surface area contributed by atoms with Crippen molar-refractivity contribution in [3.05, 3.63) is 33.9 Å². The molecule has 0 bridgehead atoms. The third-order valence-electron chi connectivity index (χ3n) is 2.08. The van der Waals surface area contributed by atoms with E-state index in [1.165, 1.54) is 25.1 Å². The first kappa shape index (κ1) is 13.9. The number of esters is 1. The molecule has 0 aliphatic rings. The van der Waals surface area contributed by atoms with Crippen LogP contribution in [-0.2, 0) is 9.53 Å². The van der Waals surface area contributed by atoms with E-state index in [2.05, 4.69) is 9.47 Å². The van der Waals surface area contributed by atoms with Crippen LogP contribution in [0, 0.1) is 17.0 Å². The van der Waals surface area contributed by atoms with Crippen LogP contribution in [0.1, 0.15) is 12.5 Å². The lowest BCUT2D eigenvalue weighted by Gasteiger charge is -2.10. The molecule has 1 rings (SSSR count). The molecule has 0 aliphatic heterocycles. The third kappa shape index (κ3) is 3.41. The largest absolute Gasteiger partial charge is 0.461 e. The molecule has 1 aromatic rings. The van der Waals surface area contributed by atoms with E-state index >= 15 is 0 Å². The van der Waals surface area contributed by atoms with E-state index in [-0.39, 0.29) is 18.0 Å². The summed E-state index contributed by atoms with van der Waals surface area (Å²) in [5.41, 5.74) is 0.211. The number of rotatable bonds is 5. The van der Waals surface area contributed by atoms with Crippen LogP contribution < -0.4 is 4.74 Å². The van der Waals surface area contributed by atoms with E-state index in [4.69, 9.17) is 0 Å². The van der Waals surface area contributed by atoms with Gasteiger partial charge in [-0.1, -0.05) is 0 Å². The highest BCUT2D eigenvalue weighted by Gasteiger charge is 2.21. The van der Waals surface area contributed by atoms with Gasteiger partial charge in [-0.3, -0.25) is 10.1 Å². The summed E-state index contributed by atoms with van der Waals surface area (Å²) in [5, 5.41) is 10.6. The molecule has 98 valence electrons. The van der Waals surface area contributed by atoms with E-state index in [1.54, 1.807) is 6.92 Å². The number of nitro groups is 1. The van der Waals surface area contributed by atoms with Gasteiger partial charge in [-0.25, -0.2) is 4.79 Å². The third-order valence-corrected chi connectivity index (χ3v) is 2.08. The molecule has 1 atom stereocenters. The van der Waals surface area contributed by atoms with Gasteiger partial charge in [0.15, 0.2) is 0 Å². The summed E-state index contributed by atoms with van der Waals surface area (Å²) in [6.07, 6.45) is -2.24. The summed E-state index contributed by atoms with van der Waals surface area (Å²) in [6, 6.07) is 3.68. The molecule has 0 radical (unpaired) electrons. The topological polar surface area (TPSA) is 78.7 Å². The Kier molecular flexibility index (Phi) is 4.59. The first-order valence-corrected chi connectivity index (χ1v) is 5.18. The van der Waals surface area contributed by atoms with Gasteiger partial charge in [-0.2, -0.15) is 4.39 Å². The highest BCUT2D eigenvalue weighted by molar-refractivity contribution is 5.73. The molecule has 0 heterocycles. The Labute approximate surface area is 102 Å². The van der Waals surface area contributed by atoms with Gasteiger partial charge in [0.25, 0.3) is 5.69 Å². The first-order valence-electron chi connectivity index (χ1n) is 5.18. The number of hydrogen-bond donors (Lipinski definition) is 0. The average molecular weight is 257 g/mol. The molecule has 0 N–H and O–H groups in total. The number of alkyl halides is 1. The Morgan fingerprint density at radius 1 is 1.56 bits per heavy atom. The van der Waals surface area contributed by atoms with Crippen LogP contribution in [0.3, 0.4) is 0 Å². The standard InChI is InChI=1S/C11H12FNO5/c1-3-17-11(14)10(12)18-8-4-5-9(13(15)16)7(2)6-8/h4-6,10H,3H2,1-2H3. The van der Waals surface area contributed by atoms with Gasteiger partial charge >= 0.3 is 12.3 Å². The summed E-state index contributed by atoms with van der Waals surface area (Å²) in [4.78, 5) is 21.0. The highest BCUT2D eigenvalue weighted by Crippen LogP contribution is 2.24. The number of ether oxygens (including phenoxy) is 2. The van der Waals surface area contributed by atoms with Crippen molar-refractivity contribution in [3.63, 3.8) is 0 Å². The van der Waals surface area contributed by atoms with Crippen LogP contribution >= 0.6 is 0 Å². The zero-order chi connectivity index (χ0) is 13.7. The molecular formula is C11H12FNO5. The fraction of sp³-hybridized carbons (Fsp3) is 0.364. The van der Waals surface area contributed by atoms with E-state index < -0.39 is 17.3 Å².